The number of halogens is 1. The SMILES string of the molecule is COc1ccccc1OCCNCC(O)COc1cccc2[nH]c3ccccc3c12.[Cl-]. The van der Waals surface area contributed by atoms with E-state index in [0.29, 0.717) is 31.2 Å². The second-order valence-corrected chi connectivity index (χ2v) is 7.02. The van der Waals surface area contributed by atoms with Crippen LogP contribution in [-0.4, -0.2) is 49.6 Å². The van der Waals surface area contributed by atoms with Crippen LogP contribution in [0.5, 0.6) is 17.2 Å². The zero-order valence-corrected chi connectivity index (χ0v) is 18.1. The van der Waals surface area contributed by atoms with Gasteiger partial charge in [-0.2, -0.15) is 0 Å². The molecule has 0 aliphatic carbocycles. The molecule has 0 aliphatic heterocycles. The number of aromatic amines is 1. The summed E-state index contributed by atoms with van der Waals surface area (Å²) in [6.45, 7) is 1.70. The molecule has 0 fully saturated rings. The fourth-order valence-electron chi connectivity index (χ4n) is 3.47. The molecule has 1 atom stereocenters. The van der Waals surface area contributed by atoms with E-state index in [4.69, 9.17) is 14.2 Å². The summed E-state index contributed by atoms with van der Waals surface area (Å²) in [5.74, 6) is 2.18. The smallest absolute Gasteiger partial charge is 0.161 e. The minimum atomic E-state index is -0.628. The molecule has 1 aromatic heterocycles. The minimum absolute atomic E-state index is 0. The van der Waals surface area contributed by atoms with Gasteiger partial charge in [-0.3, -0.25) is 0 Å². The van der Waals surface area contributed by atoms with Crippen molar-refractivity contribution >= 4 is 21.8 Å². The Kier molecular flexibility index (Phi) is 8.00. The summed E-state index contributed by atoms with van der Waals surface area (Å²) < 4.78 is 16.9. The Balaban J connectivity index is 0.00000272. The van der Waals surface area contributed by atoms with Crippen molar-refractivity contribution < 1.29 is 31.7 Å². The third kappa shape index (κ3) is 5.41. The van der Waals surface area contributed by atoms with Gasteiger partial charge in [-0.25, -0.2) is 0 Å². The summed E-state index contributed by atoms with van der Waals surface area (Å²) >= 11 is 0. The van der Waals surface area contributed by atoms with Crippen molar-refractivity contribution in [2.45, 2.75) is 6.10 Å². The van der Waals surface area contributed by atoms with Crippen LogP contribution in [0.2, 0.25) is 0 Å². The van der Waals surface area contributed by atoms with Crippen LogP contribution in [0.3, 0.4) is 0 Å². The monoisotopic (exact) mass is 441 g/mol. The summed E-state index contributed by atoms with van der Waals surface area (Å²) in [4.78, 5) is 3.40. The van der Waals surface area contributed by atoms with E-state index in [0.717, 1.165) is 27.6 Å². The number of methoxy groups -OCH3 is 1. The highest BCUT2D eigenvalue weighted by molar-refractivity contribution is 6.10. The molecule has 0 amide bonds. The van der Waals surface area contributed by atoms with Crippen LogP contribution in [0.1, 0.15) is 0 Å². The normalized spacial score (nSPS) is 11.8. The van der Waals surface area contributed by atoms with E-state index in [-0.39, 0.29) is 19.0 Å². The Labute approximate surface area is 187 Å². The number of fused-ring (bicyclic) bond motifs is 3. The number of H-pyrrole nitrogens is 1. The fraction of sp³-hybridized carbons (Fsp3) is 0.250. The quantitative estimate of drug-likeness (QED) is 0.316. The van der Waals surface area contributed by atoms with E-state index in [1.807, 2.05) is 60.7 Å². The van der Waals surface area contributed by atoms with E-state index in [1.165, 1.54) is 0 Å². The van der Waals surface area contributed by atoms with Crippen LogP contribution < -0.4 is 31.9 Å². The molecule has 4 rings (SSSR count). The van der Waals surface area contributed by atoms with Gasteiger partial charge in [0, 0.05) is 29.4 Å². The average Bonchev–Trinajstić information content (AvgIpc) is 3.17. The maximum absolute atomic E-state index is 10.3. The van der Waals surface area contributed by atoms with Crippen molar-refractivity contribution in [3.8, 4) is 17.2 Å². The lowest BCUT2D eigenvalue weighted by atomic mass is 10.1. The predicted octanol–water partition coefficient (Wildman–Crippen LogP) is 0.742. The molecule has 0 saturated heterocycles. The molecule has 1 unspecified atom stereocenters. The van der Waals surface area contributed by atoms with Gasteiger partial charge in [-0.1, -0.05) is 36.4 Å². The van der Waals surface area contributed by atoms with Gasteiger partial charge in [-0.05, 0) is 30.3 Å². The van der Waals surface area contributed by atoms with Gasteiger partial charge in [0.1, 0.15) is 25.1 Å². The Morgan fingerprint density at radius 1 is 0.871 bits per heavy atom. The molecule has 0 bridgehead atoms. The number of aliphatic hydroxyl groups is 1. The van der Waals surface area contributed by atoms with Crippen molar-refractivity contribution in [3.63, 3.8) is 0 Å². The van der Waals surface area contributed by atoms with Crippen LogP contribution in [-0.2, 0) is 0 Å². The number of hydrogen-bond acceptors (Lipinski definition) is 5. The number of nitrogens with one attached hydrogen (secondary N) is 2. The zero-order chi connectivity index (χ0) is 20.8. The van der Waals surface area contributed by atoms with Crippen LogP contribution in [0.4, 0.5) is 0 Å². The summed E-state index contributed by atoms with van der Waals surface area (Å²) in [7, 11) is 1.62. The van der Waals surface area contributed by atoms with E-state index in [1.54, 1.807) is 7.11 Å². The molecule has 0 aliphatic rings. The Hall–Kier alpha value is -2.93. The maximum atomic E-state index is 10.3. The molecular formula is C24H26ClN2O4-. The first kappa shape index (κ1) is 22.7. The molecule has 7 heteroatoms. The lowest BCUT2D eigenvalue weighted by molar-refractivity contribution is -0.00000854. The predicted molar refractivity (Wildman–Crippen MR) is 119 cm³/mol. The van der Waals surface area contributed by atoms with E-state index in [9.17, 15) is 5.11 Å². The van der Waals surface area contributed by atoms with Gasteiger partial charge in [-0.15, -0.1) is 0 Å². The third-order valence-corrected chi connectivity index (χ3v) is 4.91. The molecule has 1 heterocycles. The number of benzene rings is 3. The van der Waals surface area contributed by atoms with E-state index in [2.05, 4.69) is 16.4 Å². The van der Waals surface area contributed by atoms with Gasteiger partial charge in [0.05, 0.1) is 12.6 Å². The van der Waals surface area contributed by atoms with Gasteiger partial charge < -0.3 is 42.0 Å². The number of aromatic nitrogens is 1. The lowest BCUT2D eigenvalue weighted by Crippen LogP contribution is -3.00. The van der Waals surface area contributed by atoms with Crippen molar-refractivity contribution in [2.24, 2.45) is 0 Å². The minimum Gasteiger partial charge on any atom is -1.00 e. The molecular weight excluding hydrogens is 416 g/mol. The zero-order valence-electron chi connectivity index (χ0n) is 17.3. The first-order valence-corrected chi connectivity index (χ1v) is 10.0. The summed E-state index contributed by atoms with van der Waals surface area (Å²) in [5.41, 5.74) is 2.09. The number of aliphatic hydroxyl groups excluding tert-OH is 1. The molecule has 3 aromatic carbocycles. The number of ether oxygens (including phenoxy) is 3. The fourth-order valence-corrected chi connectivity index (χ4v) is 3.47. The molecule has 0 spiro atoms. The Morgan fingerprint density at radius 2 is 1.58 bits per heavy atom. The third-order valence-electron chi connectivity index (χ3n) is 4.91. The second-order valence-electron chi connectivity index (χ2n) is 7.02. The molecule has 4 aromatic rings. The van der Waals surface area contributed by atoms with Crippen LogP contribution >= 0.6 is 0 Å². The summed E-state index contributed by atoms with van der Waals surface area (Å²) in [6, 6.07) is 21.6. The van der Waals surface area contributed by atoms with Gasteiger partial charge in [0.2, 0.25) is 0 Å². The van der Waals surface area contributed by atoms with Crippen molar-refractivity contribution in [2.75, 3.05) is 33.4 Å². The van der Waals surface area contributed by atoms with E-state index >= 15 is 0 Å². The van der Waals surface area contributed by atoms with E-state index < -0.39 is 6.10 Å². The Morgan fingerprint density at radius 3 is 2.42 bits per heavy atom. The lowest BCUT2D eigenvalue weighted by Gasteiger charge is -2.15. The number of para-hydroxylation sites is 3. The summed E-state index contributed by atoms with van der Waals surface area (Å²) in [6.07, 6.45) is -0.628. The van der Waals surface area contributed by atoms with Crippen LogP contribution in [0.15, 0.2) is 66.7 Å². The van der Waals surface area contributed by atoms with Crippen molar-refractivity contribution in [1.82, 2.24) is 10.3 Å². The molecule has 0 radical (unpaired) electrons. The molecule has 3 N–H and O–H groups in total. The molecule has 6 nitrogen and oxygen atoms in total. The molecule has 164 valence electrons. The second kappa shape index (κ2) is 10.9. The van der Waals surface area contributed by atoms with Crippen LogP contribution in [0.25, 0.3) is 21.8 Å². The highest BCUT2D eigenvalue weighted by atomic mass is 35.5. The molecule has 31 heavy (non-hydrogen) atoms. The number of rotatable bonds is 10. The first-order valence-electron chi connectivity index (χ1n) is 10.0. The largest absolute Gasteiger partial charge is 1.00 e. The summed E-state index contributed by atoms with van der Waals surface area (Å²) in [5, 5.41) is 15.6. The first-order chi connectivity index (χ1) is 14.8. The standard InChI is InChI=1S/C24H26N2O4.ClH/c1-28-21-10-4-5-11-22(21)29-14-13-25-15-17(27)16-30-23-12-6-9-20-24(23)18-7-2-3-8-19(18)26-20;/h2-12,17,25-27H,13-16H2,1H3;1H/p-1. The van der Waals surface area contributed by atoms with Crippen molar-refractivity contribution in [1.29, 1.82) is 0 Å². The molecule has 0 saturated carbocycles. The number of hydrogen-bond donors (Lipinski definition) is 3. The van der Waals surface area contributed by atoms with Gasteiger partial charge in [0.15, 0.2) is 11.5 Å². The van der Waals surface area contributed by atoms with Gasteiger partial charge >= 0.3 is 0 Å². The average molecular weight is 442 g/mol. The van der Waals surface area contributed by atoms with Crippen LogP contribution in [0, 0.1) is 0 Å². The highest BCUT2D eigenvalue weighted by Crippen LogP contribution is 2.33. The Bertz CT molecular complexity index is 1120. The topological polar surface area (TPSA) is 75.7 Å². The maximum Gasteiger partial charge on any atom is 0.161 e. The van der Waals surface area contributed by atoms with Gasteiger partial charge in [0.25, 0.3) is 0 Å². The van der Waals surface area contributed by atoms with Crippen molar-refractivity contribution in [3.05, 3.63) is 66.7 Å². The highest BCUT2D eigenvalue weighted by Gasteiger charge is 2.11.